The summed E-state index contributed by atoms with van der Waals surface area (Å²) in [5.41, 5.74) is 3.21. The molecular weight excluding hydrogens is 202 g/mol. The Kier molecular flexibility index (Phi) is 2.40. The third kappa shape index (κ3) is 1.71. The lowest BCUT2D eigenvalue weighted by molar-refractivity contribution is 0.00900. The number of hydrogen-bond acceptors (Lipinski definition) is 3. The van der Waals surface area contributed by atoms with Gasteiger partial charge in [0.1, 0.15) is 6.10 Å². The molecule has 1 aromatic rings. The molecule has 1 aliphatic carbocycles. The van der Waals surface area contributed by atoms with E-state index in [1.54, 1.807) is 0 Å². The molecule has 0 saturated heterocycles. The zero-order chi connectivity index (χ0) is 11.0. The standard InChI is InChI=1S/C13H15NO2/c15-13(16-12-2-1-3-12)9-4-5-10-7-14-8-11(10)6-9/h4-6,12,14H,1-3,7-8H2. The normalized spacial score (nSPS) is 19.0. The van der Waals surface area contributed by atoms with Gasteiger partial charge in [-0.15, -0.1) is 0 Å². The molecule has 1 fully saturated rings. The fraction of sp³-hybridized carbons (Fsp3) is 0.462. The average Bonchev–Trinajstić information content (AvgIpc) is 2.69. The van der Waals surface area contributed by atoms with Gasteiger partial charge in [-0.2, -0.15) is 0 Å². The van der Waals surface area contributed by atoms with Crippen LogP contribution >= 0.6 is 0 Å². The number of benzene rings is 1. The molecule has 0 radical (unpaired) electrons. The third-order valence-corrected chi connectivity index (χ3v) is 3.40. The van der Waals surface area contributed by atoms with E-state index in [1.165, 1.54) is 17.5 Å². The molecule has 84 valence electrons. The van der Waals surface area contributed by atoms with Crippen LogP contribution in [0.1, 0.15) is 40.7 Å². The summed E-state index contributed by atoms with van der Waals surface area (Å²) < 4.78 is 5.37. The molecule has 1 saturated carbocycles. The van der Waals surface area contributed by atoms with Crippen LogP contribution in [0, 0.1) is 0 Å². The van der Waals surface area contributed by atoms with E-state index in [4.69, 9.17) is 4.74 Å². The van der Waals surface area contributed by atoms with E-state index in [-0.39, 0.29) is 12.1 Å². The molecule has 0 atom stereocenters. The van der Waals surface area contributed by atoms with Crippen LogP contribution in [0.25, 0.3) is 0 Å². The molecule has 0 amide bonds. The highest BCUT2D eigenvalue weighted by atomic mass is 16.5. The zero-order valence-electron chi connectivity index (χ0n) is 9.16. The first-order valence-electron chi connectivity index (χ1n) is 5.86. The Balaban J connectivity index is 1.75. The van der Waals surface area contributed by atoms with Crippen LogP contribution < -0.4 is 5.32 Å². The summed E-state index contributed by atoms with van der Waals surface area (Å²) in [6.45, 7) is 1.77. The highest BCUT2D eigenvalue weighted by Gasteiger charge is 2.23. The van der Waals surface area contributed by atoms with Gasteiger partial charge in [0.05, 0.1) is 5.56 Å². The minimum atomic E-state index is -0.167. The summed E-state index contributed by atoms with van der Waals surface area (Å²) in [5.74, 6) is -0.167. The first kappa shape index (κ1) is 9.85. The van der Waals surface area contributed by atoms with E-state index in [2.05, 4.69) is 5.32 Å². The molecule has 3 heteroatoms. The molecule has 1 aromatic carbocycles. The monoisotopic (exact) mass is 217 g/mol. The Morgan fingerprint density at radius 3 is 2.81 bits per heavy atom. The molecule has 16 heavy (non-hydrogen) atoms. The summed E-state index contributed by atoms with van der Waals surface area (Å²) in [6.07, 6.45) is 3.40. The van der Waals surface area contributed by atoms with E-state index in [0.717, 1.165) is 25.9 Å². The molecular formula is C13H15NO2. The van der Waals surface area contributed by atoms with Gasteiger partial charge in [-0.1, -0.05) is 6.07 Å². The molecule has 3 nitrogen and oxygen atoms in total. The lowest BCUT2D eigenvalue weighted by atomic mass is 9.96. The fourth-order valence-corrected chi connectivity index (χ4v) is 2.13. The van der Waals surface area contributed by atoms with Gasteiger partial charge in [-0.3, -0.25) is 0 Å². The lowest BCUT2D eigenvalue weighted by Crippen LogP contribution is -2.25. The van der Waals surface area contributed by atoms with Gasteiger partial charge in [0.25, 0.3) is 0 Å². The van der Waals surface area contributed by atoms with Crippen LogP contribution in [-0.4, -0.2) is 12.1 Å². The van der Waals surface area contributed by atoms with Gasteiger partial charge in [-0.25, -0.2) is 4.79 Å². The quantitative estimate of drug-likeness (QED) is 0.770. The average molecular weight is 217 g/mol. The van der Waals surface area contributed by atoms with Crippen molar-refractivity contribution in [3.63, 3.8) is 0 Å². The highest BCUT2D eigenvalue weighted by Crippen LogP contribution is 2.24. The predicted octanol–water partition coefficient (Wildman–Crippen LogP) is 2.00. The Morgan fingerprint density at radius 2 is 2.06 bits per heavy atom. The molecule has 0 spiro atoms. The van der Waals surface area contributed by atoms with Gasteiger partial charge in [0.15, 0.2) is 0 Å². The molecule has 0 unspecified atom stereocenters. The lowest BCUT2D eigenvalue weighted by Gasteiger charge is -2.25. The molecule has 1 N–H and O–H groups in total. The second-order valence-corrected chi connectivity index (χ2v) is 4.55. The van der Waals surface area contributed by atoms with Gasteiger partial charge in [0.2, 0.25) is 0 Å². The molecule has 2 aliphatic rings. The Labute approximate surface area is 94.8 Å². The van der Waals surface area contributed by atoms with Crippen molar-refractivity contribution in [3.8, 4) is 0 Å². The van der Waals surface area contributed by atoms with E-state index < -0.39 is 0 Å². The fourth-order valence-electron chi connectivity index (χ4n) is 2.13. The number of nitrogens with one attached hydrogen (secondary N) is 1. The Morgan fingerprint density at radius 1 is 1.25 bits per heavy atom. The largest absolute Gasteiger partial charge is 0.459 e. The van der Waals surface area contributed by atoms with E-state index >= 15 is 0 Å². The van der Waals surface area contributed by atoms with Crippen molar-refractivity contribution in [2.45, 2.75) is 38.5 Å². The summed E-state index contributed by atoms with van der Waals surface area (Å²) in [7, 11) is 0. The van der Waals surface area contributed by atoms with Gasteiger partial charge in [-0.05, 0) is 42.5 Å². The SMILES string of the molecule is O=C(OC1CCC1)c1ccc2c(c1)CNC2. The third-order valence-electron chi connectivity index (χ3n) is 3.40. The van der Waals surface area contributed by atoms with Crippen molar-refractivity contribution in [1.82, 2.24) is 5.32 Å². The maximum absolute atomic E-state index is 11.8. The number of esters is 1. The molecule has 1 heterocycles. The number of rotatable bonds is 2. The number of fused-ring (bicyclic) bond motifs is 1. The van der Waals surface area contributed by atoms with Crippen LogP contribution in [0.4, 0.5) is 0 Å². The van der Waals surface area contributed by atoms with Crippen molar-refractivity contribution in [3.05, 3.63) is 34.9 Å². The maximum Gasteiger partial charge on any atom is 0.338 e. The topological polar surface area (TPSA) is 38.3 Å². The summed E-state index contributed by atoms with van der Waals surface area (Å²) in [5, 5.41) is 3.26. The van der Waals surface area contributed by atoms with Crippen molar-refractivity contribution in [2.75, 3.05) is 0 Å². The van der Waals surface area contributed by atoms with Crippen molar-refractivity contribution < 1.29 is 9.53 Å². The van der Waals surface area contributed by atoms with Crippen molar-refractivity contribution >= 4 is 5.97 Å². The van der Waals surface area contributed by atoms with Crippen LogP contribution in [-0.2, 0) is 17.8 Å². The first-order valence-corrected chi connectivity index (χ1v) is 5.86. The highest BCUT2D eigenvalue weighted by molar-refractivity contribution is 5.90. The molecule has 0 aromatic heterocycles. The minimum Gasteiger partial charge on any atom is -0.459 e. The van der Waals surface area contributed by atoms with Crippen molar-refractivity contribution in [2.24, 2.45) is 0 Å². The zero-order valence-corrected chi connectivity index (χ0v) is 9.16. The second kappa shape index (κ2) is 3.91. The molecule has 1 aliphatic heterocycles. The summed E-state index contributed by atoms with van der Waals surface area (Å²) in [4.78, 5) is 11.8. The Hall–Kier alpha value is -1.35. The number of carbonyl (C=O) groups excluding carboxylic acids is 1. The van der Waals surface area contributed by atoms with Crippen LogP contribution in [0.15, 0.2) is 18.2 Å². The van der Waals surface area contributed by atoms with E-state index in [0.29, 0.717) is 5.56 Å². The van der Waals surface area contributed by atoms with Crippen LogP contribution in [0.5, 0.6) is 0 Å². The second-order valence-electron chi connectivity index (χ2n) is 4.55. The molecule has 3 rings (SSSR count). The van der Waals surface area contributed by atoms with Gasteiger partial charge in [0, 0.05) is 13.1 Å². The van der Waals surface area contributed by atoms with Crippen LogP contribution in [0.2, 0.25) is 0 Å². The van der Waals surface area contributed by atoms with Gasteiger partial charge < -0.3 is 10.1 Å². The first-order chi connectivity index (χ1) is 7.83. The predicted molar refractivity (Wildman–Crippen MR) is 60.0 cm³/mol. The molecule has 0 bridgehead atoms. The summed E-state index contributed by atoms with van der Waals surface area (Å²) >= 11 is 0. The number of ether oxygens (including phenoxy) is 1. The van der Waals surface area contributed by atoms with Crippen molar-refractivity contribution in [1.29, 1.82) is 0 Å². The maximum atomic E-state index is 11.8. The Bertz CT molecular complexity index is 424. The number of carbonyl (C=O) groups is 1. The van der Waals surface area contributed by atoms with E-state index in [1.807, 2.05) is 18.2 Å². The minimum absolute atomic E-state index is 0.166. The van der Waals surface area contributed by atoms with Crippen LogP contribution in [0.3, 0.4) is 0 Å². The number of hydrogen-bond donors (Lipinski definition) is 1. The van der Waals surface area contributed by atoms with Gasteiger partial charge >= 0.3 is 5.97 Å². The van der Waals surface area contributed by atoms with E-state index in [9.17, 15) is 4.79 Å². The smallest absolute Gasteiger partial charge is 0.338 e. The summed E-state index contributed by atoms with van der Waals surface area (Å²) in [6, 6.07) is 5.84.